The van der Waals surface area contributed by atoms with Crippen molar-refractivity contribution in [2.45, 2.75) is 19.3 Å². The van der Waals surface area contributed by atoms with Crippen LogP contribution < -0.4 is 0 Å². The van der Waals surface area contributed by atoms with Crippen LogP contribution in [-0.4, -0.2) is 9.55 Å². The Morgan fingerprint density at radius 2 is 1.09 bits per heavy atom. The van der Waals surface area contributed by atoms with Crippen molar-refractivity contribution in [2.24, 2.45) is 0 Å². The number of fused-ring (bicyclic) bond motifs is 12. The van der Waals surface area contributed by atoms with Gasteiger partial charge in [0.05, 0.1) is 11.0 Å². The van der Waals surface area contributed by atoms with Crippen molar-refractivity contribution in [1.29, 1.82) is 0 Å². The van der Waals surface area contributed by atoms with E-state index in [1.165, 1.54) is 87.5 Å². The molecule has 216 valence electrons. The molecule has 10 rings (SSSR count). The Kier molecular flexibility index (Phi) is 5.09. The number of benzene rings is 7. The van der Waals surface area contributed by atoms with Crippen molar-refractivity contribution in [3.05, 3.63) is 157 Å². The normalized spacial score (nSPS) is 13.6. The van der Waals surface area contributed by atoms with E-state index >= 15 is 0 Å². The Bertz CT molecular complexity index is 2710. The average Bonchev–Trinajstić information content (AvgIpc) is 3.56. The Labute approximate surface area is 267 Å². The maximum atomic E-state index is 4.83. The van der Waals surface area contributed by atoms with E-state index in [4.69, 9.17) is 4.98 Å². The third-order valence-corrected chi connectivity index (χ3v) is 10.4. The number of para-hydroxylation sites is 1. The van der Waals surface area contributed by atoms with Crippen molar-refractivity contribution in [1.82, 2.24) is 9.55 Å². The van der Waals surface area contributed by atoms with Crippen LogP contribution in [0.25, 0.3) is 82.2 Å². The third kappa shape index (κ3) is 3.28. The monoisotopic (exact) mass is 586 g/mol. The van der Waals surface area contributed by atoms with E-state index in [1.807, 2.05) is 12.3 Å². The number of nitrogens with zero attached hydrogens (tertiary/aromatic N) is 2. The van der Waals surface area contributed by atoms with Gasteiger partial charge >= 0.3 is 0 Å². The summed E-state index contributed by atoms with van der Waals surface area (Å²) < 4.78 is 2.34. The standard InChI is InChI=1S/C44H30N2/c1-44(2)36-23-22-27-13-3-4-14-28(27)42(36)43-32-18-8-6-16-30(32)34(25-37(43)44)35-26-39-41(31-17-7-5-15-29(31)35)33-19-9-10-20-38(33)46(39)40-21-11-12-24-45-40/h3-26H,1-2H3. The smallest absolute Gasteiger partial charge is 0.137 e. The zero-order valence-electron chi connectivity index (χ0n) is 25.8. The van der Waals surface area contributed by atoms with Crippen LogP contribution in [0.1, 0.15) is 25.0 Å². The number of pyridine rings is 1. The second-order valence-electron chi connectivity index (χ2n) is 13.1. The summed E-state index contributed by atoms with van der Waals surface area (Å²) in [5.41, 5.74) is 10.3. The van der Waals surface area contributed by atoms with Gasteiger partial charge in [-0.3, -0.25) is 4.57 Å². The lowest BCUT2D eigenvalue weighted by molar-refractivity contribution is 0.661. The summed E-state index contributed by atoms with van der Waals surface area (Å²) in [7, 11) is 0. The average molecular weight is 587 g/mol. The van der Waals surface area contributed by atoms with E-state index in [0.717, 1.165) is 5.82 Å². The summed E-state index contributed by atoms with van der Waals surface area (Å²) in [5.74, 6) is 0.928. The quantitative estimate of drug-likeness (QED) is 0.197. The molecule has 0 bridgehead atoms. The van der Waals surface area contributed by atoms with Crippen LogP contribution in [0.3, 0.4) is 0 Å². The SMILES string of the molecule is CC1(C)c2ccc3ccccc3c2-c2c1cc(-c1cc3c(c4ccccc14)c1ccccc1n3-c1ccccn1)c1ccccc21. The molecule has 1 aliphatic carbocycles. The largest absolute Gasteiger partial charge is 0.294 e. The van der Waals surface area contributed by atoms with Crippen LogP contribution in [0.4, 0.5) is 0 Å². The van der Waals surface area contributed by atoms with Crippen LogP contribution in [0.5, 0.6) is 0 Å². The molecular formula is C44H30N2. The molecule has 7 aromatic carbocycles. The van der Waals surface area contributed by atoms with Gasteiger partial charge in [-0.15, -0.1) is 0 Å². The molecule has 2 heterocycles. The predicted octanol–water partition coefficient (Wildman–Crippen LogP) is 11.6. The molecule has 0 amide bonds. The van der Waals surface area contributed by atoms with Crippen molar-refractivity contribution in [3.8, 4) is 28.1 Å². The van der Waals surface area contributed by atoms with Crippen molar-refractivity contribution in [2.75, 3.05) is 0 Å². The minimum Gasteiger partial charge on any atom is -0.294 e. The fourth-order valence-corrected chi connectivity index (χ4v) is 8.35. The van der Waals surface area contributed by atoms with E-state index < -0.39 is 0 Å². The molecule has 2 nitrogen and oxygen atoms in total. The number of hydrogen-bond acceptors (Lipinski definition) is 1. The van der Waals surface area contributed by atoms with Gasteiger partial charge in [-0.25, -0.2) is 4.98 Å². The summed E-state index contributed by atoms with van der Waals surface area (Å²) >= 11 is 0. The molecular weight excluding hydrogens is 556 g/mol. The van der Waals surface area contributed by atoms with Crippen LogP contribution in [0.2, 0.25) is 0 Å². The molecule has 0 saturated carbocycles. The second kappa shape index (κ2) is 9.15. The molecule has 0 saturated heterocycles. The number of hydrogen-bond donors (Lipinski definition) is 0. The first-order valence-electron chi connectivity index (χ1n) is 16.1. The predicted molar refractivity (Wildman–Crippen MR) is 194 cm³/mol. The third-order valence-electron chi connectivity index (χ3n) is 10.4. The van der Waals surface area contributed by atoms with Crippen molar-refractivity contribution < 1.29 is 0 Å². The first-order valence-corrected chi connectivity index (χ1v) is 16.1. The fraction of sp³-hybridized carbons (Fsp3) is 0.0682. The molecule has 0 spiro atoms. The molecule has 0 unspecified atom stereocenters. The highest BCUT2D eigenvalue weighted by atomic mass is 15.1. The Morgan fingerprint density at radius 1 is 0.478 bits per heavy atom. The molecule has 0 aliphatic heterocycles. The zero-order chi connectivity index (χ0) is 30.6. The molecule has 0 N–H and O–H groups in total. The van der Waals surface area contributed by atoms with Gasteiger partial charge in [0.25, 0.3) is 0 Å². The minimum absolute atomic E-state index is 0.143. The summed E-state index contributed by atoms with van der Waals surface area (Å²) in [6.07, 6.45) is 1.88. The molecule has 0 fully saturated rings. The van der Waals surface area contributed by atoms with Gasteiger partial charge in [-0.1, -0.05) is 123 Å². The van der Waals surface area contributed by atoms with Gasteiger partial charge in [0, 0.05) is 22.4 Å². The van der Waals surface area contributed by atoms with Gasteiger partial charge < -0.3 is 0 Å². The Balaban J connectivity index is 1.38. The van der Waals surface area contributed by atoms with Crippen LogP contribution in [-0.2, 0) is 5.41 Å². The van der Waals surface area contributed by atoms with E-state index in [2.05, 4.69) is 152 Å². The molecule has 2 aromatic heterocycles. The lowest BCUT2D eigenvalue weighted by Crippen LogP contribution is -2.15. The van der Waals surface area contributed by atoms with E-state index in [9.17, 15) is 0 Å². The topological polar surface area (TPSA) is 17.8 Å². The lowest BCUT2D eigenvalue weighted by Gasteiger charge is -2.23. The number of aromatic nitrogens is 2. The van der Waals surface area contributed by atoms with Crippen molar-refractivity contribution >= 4 is 54.1 Å². The van der Waals surface area contributed by atoms with Gasteiger partial charge in [0.15, 0.2) is 0 Å². The van der Waals surface area contributed by atoms with E-state index in [-0.39, 0.29) is 5.41 Å². The fourth-order valence-electron chi connectivity index (χ4n) is 8.35. The number of rotatable bonds is 2. The molecule has 0 atom stereocenters. The van der Waals surface area contributed by atoms with Crippen LogP contribution in [0, 0.1) is 0 Å². The molecule has 9 aromatic rings. The van der Waals surface area contributed by atoms with Gasteiger partial charge in [-0.2, -0.15) is 0 Å². The summed E-state index contributed by atoms with van der Waals surface area (Å²) in [5, 5.41) is 10.3. The minimum atomic E-state index is -0.143. The van der Waals surface area contributed by atoms with Gasteiger partial charge in [0.2, 0.25) is 0 Å². The molecule has 46 heavy (non-hydrogen) atoms. The van der Waals surface area contributed by atoms with Gasteiger partial charge in [-0.05, 0) is 96.0 Å². The van der Waals surface area contributed by atoms with Gasteiger partial charge in [0.1, 0.15) is 5.82 Å². The lowest BCUT2D eigenvalue weighted by atomic mass is 9.80. The zero-order valence-corrected chi connectivity index (χ0v) is 25.8. The van der Waals surface area contributed by atoms with Crippen LogP contribution >= 0.6 is 0 Å². The van der Waals surface area contributed by atoms with Crippen molar-refractivity contribution in [3.63, 3.8) is 0 Å². The first-order chi connectivity index (χ1) is 22.6. The summed E-state index contributed by atoms with van der Waals surface area (Å²) in [4.78, 5) is 4.83. The van der Waals surface area contributed by atoms with E-state index in [0.29, 0.717) is 0 Å². The summed E-state index contributed by atoms with van der Waals surface area (Å²) in [6.45, 7) is 4.79. The molecule has 2 heteroatoms. The van der Waals surface area contributed by atoms with E-state index in [1.54, 1.807) is 0 Å². The highest BCUT2D eigenvalue weighted by Gasteiger charge is 2.38. The summed E-state index contributed by atoms with van der Waals surface area (Å²) in [6, 6.07) is 51.3. The second-order valence-corrected chi connectivity index (χ2v) is 13.1. The maximum Gasteiger partial charge on any atom is 0.137 e. The maximum absolute atomic E-state index is 4.83. The Morgan fingerprint density at radius 3 is 1.87 bits per heavy atom. The Hall–Kier alpha value is -5.73. The molecule has 0 radical (unpaired) electrons. The highest BCUT2D eigenvalue weighted by Crippen LogP contribution is 2.56. The highest BCUT2D eigenvalue weighted by molar-refractivity contribution is 6.26. The first kappa shape index (κ1) is 25.6. The molecule has 1 aliphatic rings. The van der Waals surface area contributed by atoms with Crippen LogP contribution in [0.15, 0.2) is 146 Å².